The molecule has 1 fully saturated rings. The van der Waals surface area contributed by atoms with Gasteiger partial charge in [-0.2, -0.15) is 0 Å². The molecule has 5 rings (SSSR count). The van der Waals surface area contributed by atoms with Gasteiger partial charge in [0, 0.05) is 30.4 Å². The van der Waals surface area contributed by atoms with Crippen molar-refractivity contribution in [1.29, 1.82) is 0 Å². The van der Waals surface area contributed by atoms with Gasteiger partial charge in [0.25, 0.3) is 0 Å². The molecular weight excluding hydrogens is 336 g/mol. The van der Waals surface area contributed by atoms with Gasteiger partial charge in [0.2, 0.25) is 11.7 Å². The van der Waals surface area contributed by atoms with Crippen molar-refractivity contribution in [2.24, 2.45) is 22.1 Å². The summed E-state index contributed by atoms with van der Waals surface area (Å²) in [5, 5.41) is 1.64. The van der Waals surface area contributed by atoms with Gasteiger partial charge in [-0.3, -0.25) is 4.98 Å². The molecule has 0 bridgehead atoms. The number of fused-ring (bicyclic) bond motifs is 3. The number of benzene rings is 1. The minimum Gasteiger partial charge on any atom is -0.368 e. The smallest absolute Gasteiger partial charge is 0.220 e. The summed E-state index contributed by atoms with van der Waals surface area (Å²) in [5.41, 5.74) is 10.3. The zero-order valence-corrected chi connectivity index (χ0v) is 16.0. The Bertz CT molecular complexity index is 902. The number of pyridine rings is 1. The average molecular weight is 362 g/mol. The van der Waals surface area contributed by atoms with E-state index in [1.807, 2.05) is 19.3 Å². The monoisotopic (exact) mass is 362 g/mol. The lowest BCUT2D eigenvalue weighted by molar-refractivity contribution is -0.229. The first-order chi connectivity index (χ1) is 13.0. The van der Waals surface area contributed by atoms with Crippen molar-refractivity contribution in [1.82, 2.24) is 10.0 Å². The number of guanidine groups is 1. The summed E-state index contributed by atoms with van der Waals surface area (Å²) < 4.78 is 0. The Morgan fingerprint density at radius 3 is 2.67 bits per heavy atom. The SMILES string of the molecule is CC1CCC2(CC1)Cc1ccc(-c3cccnc3)cc1C21N=C(N)N(C)O1. The van der Waals surface area contributed by atoms with Crippen LogP contribution in [0.3, 0.4) is 0 Å². The van der Waals surface area contributed by atoms with Crippen molar-refractivity contribution < 1.29 is 4.84 Å². The highest BCUT2D eigenvalue weighted by Gasteiger charge is 2.63. The van der Waals surface area contributed by atoms with Crippen molar-refractivity contribution in [3.63, 3.8) is 0 Å². The molecule has 1 aliphatic heterocycles. The molecule has 0 radical (unpaired) electrons. The fourth-order valence-electron chi connectivity index (χ4n) is 5.18. The van der Waals surface area contributed by atoms with Crippen LogP contribution in [-0.2, 0) is 17.0 Å². The van der Waals surface area contributed by atoms with Crippen LogP contribution in [0, 0.1) is 11.3 Å². The highest BCUT2D eigenvalue weighted by Crippen LogP contribution is 2.62. The molecule has 0 saturated heterocycles. The van der Waals surface area contributed by atoms with Crippen LogP contribution in [0.2, 0.25) is 0 Å². The van der Waals surface area contributed by atoms with Gasteiger partial charge in [0.15, 0.2) is 0 Å². The maximum Gasteiger partial charge on any atom is 0.220 e. The van der Waals surface area contributed by atoms with Crippen LogP contribution >= 0.6 is 0 Å². The minimum atomic E-state index is -0.695. The Hall–Kier alpha value is -2.40. The second-order valence-electron chi connectivity index (χ2n) is 8.46. The summed E-state index contributed by atoms with van der Waals surface area (Å²) in [6.07, 6.45) is 9.39. The highest BCUT2D eigenvalue weighted by atomic mass is 16.7. The summed E-state index contributed by atoms with van der Waals surface area (Å²) in [4.78, 5) is 15.7. The first-order valence-electron chi connectivity index (χ1n) is 9.85. The van der Waals surface area contributed by atoms with E-state index in [1.165, 1.54) is 24.0 Å². The van der Waals surface area contributed by atoms with Crippen molar-refractivity contribution in [3.05, 3.63) is 53.9 Å². The second-order valence-corrected chi connectivity index (χ2v) is 8.46. The molecule has 2 heterocycles. The molecule has 1 saturated carbocycles. The minimum absolute atomic E-state index is 0.00914. The predicted octanol–water partition coefficient (Wildman–Crippen LogP) is 3.85. The quantitative estimate of drug-likeness (QED) is 0.837. The number of nitrogens with two attached hydrogens (primary N) is 1. The largest absolute Gasteiger partial charge is 0.368 e. The molecule has 1 unspecified atom stereocenters. The van der Waals surface area contributed by atoms with Crippen LogP contribution in [0.1, 0.15) is 43.7 Å². The molecular formula is C22H26N4O. The molecule has 5 heteroatoms. The third kappa shape index (κ3) is 2.34. The zero-order valence-electron chi connectivity index (χ0n) is 16.0. The Labute approximate surface area is 160 Å². The number of aromatic nitrogens is 1. The van der Waals surface area contributed by atoms with Crippen molar-refractivity contribution in [2.75, 3.05) is 7.05 Å². The molecule has 1 aromatic heterocycles. The third-order valence-electron chi connectivity index (χ3n) is 6.81. The maximum atomic E-state index is 6.46. The molecule has 1 atom stereocenters. The van der Waals surface area contributed by atoms with E-state index in [0.717, 1.165) is 36.3 Å². The van der Waals surface area contributed by atoms with E-state index in [-0.39, 0.29) is 5.41 Å². The lowest BCUT2D eigenvalue weighted by Crippen LogP contribution is -2.45. The number of hydrogen-bond acceptors (Lipinski definition) is 5. The molecule has 2 aliphatic carbocycles. The molecule has 2 N–H and O–H groups in total. The van der Waals surface area contributed by atoms with Gasteiger partial charge in [-0.25, -0.2) is 14.9 Å². The van der Waals surface area contributed by atoms with E-state index in [0.29, 0.717) is 5.96 Å². The number of aliphatic imine (C=N–C) groups is 1. The standard InChI is InChI=1S/C22H26N4O/c1-15-7-9-21(10-8-15)13-17-6-5-16(18-4-3-11-24-14-18)12-19(17)22(21)25-20(23)26(2)27-22/h3-6,11-12,14-15H,7-10,13H2,1-2H3,(H2,23,25). The molecule has 3 aliphatic rings. The molecule has 5 nitrogen and oxygen atoms in total. The summed E-state index contributed by atoms with van der Waals surface area (Å²) in [5.74, 6) is 1.23. The third-order valence-corrected chi connectivity index (χ3v) is 6.81. The van der Waals surface area contributed by atoms with Crippen molar-refractivity contribution in [2.45, 2.75) is 44.8 Å². The van der Waals surface area contributed by atoms with Crippen LogP contribution in [-0.4, -0.2) is 23.1 Å². The number of hydrogen-bond donors (Lipinski definition) is 1. The van der Waals surface area contributed by atoms with Crippen molar-refractivity contribution >= 4 is 5.96 Å². The van der Waals surface area contributed by atoms with Gasteiger partial charge < -0.3 is 5.73 Å². The van der Waals surface area contributed by atoms with Crippen LogP contribution < -0.4 is 5.73 Å². The summed E-state index contributed by atoms with van der Waals surface area (Å²) >= 11 is 0. The summed E-state index contributed by atoms with van der Waals surface area (Å²) in [6.45, 7) is 2.35. The van der Waals surface area contributed by atoms with Crippen LogP contribution in [0.4, 0.5) is 0 Å². The van der Waals surface area contributed by atoms with Crippen LogP contribution in [0.25, 0.3) is 11.1 Å². The second kappa shape index (κ2) is 5.80. The lowest BCUT2D eigenvalue weighted by atomic mass is 9.65. The van der Waals surface area contributed by atoms with Crippen LogP contribution in [0.5, 0.6) is 0 Å². The fourth-order valence-corrected chi connectivity index (χ4v) is 5.18. The Kier molecular flexibility index (Phi) is 3.60. The van der Waals surface area contributed by atoms with Gasteiger partial charge in [0.1, 0.15) is 0 Å². The van der Waals surface area contributed by atoms with Gasteiger partial charge in [-0.1, -0.05) is 25.1 Å². The number of hydroxylamine groups is 2. The summed E-state index contributed by atoms with van der Waals surface area (Å²) in [7, 11) is 1.86. The first-order valence-corrected chi connectivity index (χ1v) is 9.85. The molecule has 2 aromatic rings. The normalized spacial score (nSPS) is 32.1. The Morgan fingerprint density at radius 2 is 2.00 bits per heavy atom. The highest BCUT2D eigenvalue weighted by molar-refractivity contribution is 5.79. The maximum absolute atomic E-state index is 6.46. The topological polar surface area (TPSA) is 63.7 Å². The van der Waals surface area contributed by atoms with Gasteiger partial charge in [-0.05, 0) is 66.8 Å². The number of nitrogens with zero attached hydrogens (tertiary/aromatic N) is 3. The fraction of sp³-hybridized carbons (Fsp3) is 0.455. The van der Waals surface area contributed by atoms with E-state index < -0.39 is 5.72 Å². The van der Waals surface area contributed by atoms with Gasteiger partial charge in [0.05, 0.1) is 0 Å². The Morgan fingerprint density at radius 1 is 1.19 bits per heavy atom. The molecule has 0 amide bonds. The molecule has 1 aromatic carbocycles. The lowest BCUT2D eigenvalue weighted by Gasteiger charge is -2.44. The van der Waals surface area contributed by atoms with E-state index >= 15 is 0 Å². The van der Waals surface area contributed by atoms with E-state index in [4.69, 9.17) is 15.6 Å². The summed E-state index contributed by atoms with van der Waals surface area (Å²) in [6, 6.07) is 10.8. The van der Waals surface area contributed by atoms with Crippen LogP contribution in [0.15, 0.2) is 47.7 Å². The number of rotatable bonds is 1. The van der Waals surface area contributed by atoms with E-state index in [9.17, 15) is 0 Å². The van der Waals surface area contributed by atoms with Gasteiger partial charge >= 0.3 is 0 Å². The molecule has 27 heavy (non-hydrogen) atoms. The van der Waals surface area contributed by atoms with Crippen molar-refractivity contribution in [3.8, 4) is 11.1 Å². The Balaban J connectivity index is 1.66. The molecule has 140 valence electrons. The predicted molar refractivity (Wildman–Crippen MR) is 106 cm³/mol. The van der Waals surface area contributed by atoms with E-state index in [2.05, 4.69) is 36.2 Å². The average Bonchev–Trinajstić information content (AvgIpc) is 3.13. The molecule has 2 spiro atoms. The first kappa shape index (κ1) is 16.8. The van der Waals surface area contributed by atoms with Gasteiger partial charge in [-0.15, -0.1) is 0 Å². The van der Waals surface area contributed by atoms with E-state index in [1.54, 1.807) is 11.3 Å². The zero-order chi connectivity index (χ0) is 18.6.